The normalized spacial score (nSPS) is 23.0. The van der Waals surface area contributed by atoms with Gasteiger partial charge in [0.1, 0.15) is 0 Å². The second-order valence-electron chi connectivity index (χ2n) is 9.47. The van der Waals surface area contributed by atoms with Crippen LogP contribution in [0.2, 0.25) is 0 Å². The standard InChI is InChI=1S/C27H34N4O2/c1-20-6-4-7-22(16-20)18-31(27(32)33)26-10-3-2-9-25(26)29-23-8-5-15-30(19-23)24-13-11-21(17-28)12-14-24/h4,6-7,11-14,16,23,25-26,29H,2-3,5,8-10,15,18-19H2,1H3,(H,32,33)/t23-,25+,26+/m0/s1. The summed E-state index contributed by atoms with van der Waals surface area (Å²) in [4.78, 5) is 16.3. The highest BCUT2D eigenvalue weighted by Crippen LogP contribution is 2.27. The lowest BCUT2D eigenvalue weighted by Gasteiger charge is -2.43. The lowest BCUT2D eigenvalue weighted by atomic mass is 9.87. The largest absolute Gasteiger partial charge is 0.465 e. The molecule has 0 unspecified atom stereocenters. The van der Waals surface area contributed by atoms with E-state index in [0.29, 0.717) is 18.2 Å². The molecule has 33 heavy (non-hydrogen) atoms. The number of rotatable bonds is 6. The first-order chi connectivity index (χ1) is 16.0. The number of nitrogens with zero attached hydrogens (tertiary/aromatic N) is 3. The van der Waals surface area contributed by atoms with Crippen molar-refractivity contribution in [1.82, 2.24) is 10.2 Å². The van der Waals surface area contributed by atoms with E-state index in [4.69, 9.17) is 5.26 Å². The molecule has 3 atom stereocenters. The van der Waals surface area contributed by atoms with Gasteiger partial charge in [0.05, 0.1) is 17.7 Å². The Bertz CT molecular complexity index is 984. The Hall–Kier alpha value is -3.04. The molecule has 1 amide bonds. The van der Waals surface area contributed by atoms with Gasteiger partial charge in [0.25, 0.3) is 0 Å². The van der Waals surface area contributed by atoms with Gasteiger partial charge in [-0.2, -0.15) is 5.26 Å². The van der Waals surface area contributed by atoms with Crippen molar-refractivity contribution >= 4 is 11.8 Å². The minimum Gasteiger partial charge on any atom is -0.465 e. The van der Waals surface area contributed by atoms with E-state index in [2.05, 4.69) is 22.4 Å². The van der Waals surface area contributed by atoms with Crippen molar-refractivity contribution in [2.24, 2.45) is 0 Å². The second kappa shape index (κ2) is 10.7. The molecule has 0 spiro atoms. The van der Waals surface area contributed by atoms with Crippen LogP contribution in [0.5, 0.6) is 0 Å². The van der Waals surface area contributed by atoms with Crippen LogP contribution in [0.25, 0.3) is 0 Å². The minimum atomic E-state index is -0.835. The van der Waals surface area contributed by atoms with Crippen molar-refractivity contribution in [3.8, 4) is 6.07 Å². The highest BCUT2D eigenvalue weighted by molar-refractivity contribution is 5.65. The van der Waals surface area contributed by atoms with Crippen LogP contribution in [-0.4, -0.2) is 47.3 Å². The van der Waals surface area contributed by atoms with E-state index in [1.165, 1.54) is 0 Å². The summed E-state index contributed by atoms with van der Waals surface area (Å²) in [5.74, 6) is 0. The highest BCUT2D eigenvalue weighted by Gasteiger charge is 2.35. The zero-order valence-corrected chi connectivity index (χ0v) is 19.4. The summed E-state index contributed by atoms with van der Waals surface area (Å²) in [5, 5.41) is 23.0. The van der Waals surface area contributed by atoms with Crippen molar-refractivity contribution in [1.29, 1.82) is 5.26 Å². The molecule has 0 bridgehead atoms. The predicted octanol–water partition coefficient (Wildman–Crippen LogP) is 4.92. The molecular formula is C27H34N4O2. The number of hydrogen-bond acceptors (Lipinski definition) is 4. The molecule has 2 N–H and O–H groups in total. The van der Waals surface area contributed by atoms with Gasteiger partial charge >= 0.3 is 6.09 Å². The Morgan fingerprint density at radius 1 is 1.15 bits per heavy atom. The van der Waals surface area contributed by atoms with E-state index < -0.39 is 6.09 Å². The third-order valence-corrected chi connectivity index (χ3v) is 7.04. The zero-order chi connectivity index (χ0) is 23.2. The molecule has 2 aromatic carbocycles. The molecule has 1 heterocycles. The average molecular weight is 447 g/mol. The summed E-state index contributed by atoms with van der Waals surface area (Å²) in [5.41, 5.74) is 4.03. The topological polar surface area (TPSA) is 79.6 Å². The molecule has 1 saturated carbocycles. The predicted molar refractivity (Wildman–Crippen MR) is 130 cm³/mol. The molecule has 0 aromatic heterocycles. The van der Waals surface area contributed by atoms with Gasteiger partial charge < -0.3 is 15.3 Å². The summed E-state index contributed by atoms with van der Waals surface area (Å²) in [6.45, 7) is 4.39. The first kappa shape index (κ1) is 23.1. The van der Waals surface area contributed by atoms with Crippen LogP contribution in [0.4, 0.5) is 10.5 Å². The van der Waals surface area contributed by atoms with Crippen molar-refractivity contribution in [3.05, 3.63) is 65.2 Å². The summed E-state index contributed by atoms with van der Waals surface area (Å²) in [7, 11) is 0. The maximum absolute atomic E-state index is 12.3. The Balaban J connectivity index is 1.44. The molecule has 0 radical (unpaired) electrons. The van der Waals surface area contributed by atoms with E-state index >= 15 is 0 Å². The molecule has 1 saturated heterocycles. The number of hydrogen-bond donors (Lipinski definition) is 2. The fourth-order valence-corrected chi connectivity index (χ4v) is 5.41. The molecule has 1 aliphatic heterocycles. The second-order valence-corrected chi connectivity index (χ2v) is 9.47. The SMILES string of the molecule is Cc1cccc(CN(C(=O)O)[C@@H]2CCCC[C@H]2N[C@H]2CCCN(c3ccc(C#N)cc3)C2)c1. The third kappa shape index (κ3) is 5.85. The number of nitriles is 1. The number of carbonyl (C=O) groups is 1. The molecular weight excluding hydrogens is 412 g/mol. The Labute approximate surface area is 196 Å². The van der Waals surface area contributed by atoms with Gasteiger partial charge in [0, 0.05) is 37.4 Å². The Morgan fingerprint density at radius 3 is 2.67 bits per heavy atom. The maximum atomic E-state index is 12.3. The summed E-state index contributed by atoms with van der Waals surface area (Å²) in [6.07, 6.45) is 5.48. The summed E-state index contributed by atoms with van der Waals surface area (Å²) in [6, 6.07) is 18.6. The molecule has 6 nitrogen and oxygen atoms in total. The lowest BCUT2D eigenvalue weighted by Crippen LogP contribution is -2.58. The van der Waals surface area contributed by atoms with E-state index in [1.54, 1.807) is 4.90 Å². The lowest BCUT2D eigenvalue weighted by molar-refractivity contribution is 0.0874. The first-order valence-electron chi connectivity index (χ1n) is 12.1. The molecule has 2 aliphatic rings. The van der Waals surface area contributed by atoms with Crippen LogP contribution < -0.4 is 10.2 Å². The number of nitrogens with one attached hydrogen (secondary N) is 1. The van der Waals surface area contributed by atoms with Gasteiger partial charge in [-0.3, -0.25) is 4.90 Å². The molecule has 4 rings (SSSR count). The Morgan fingerprint density at radius 2 is 1.94 bits per heavy atom. The van der Waals surface area contributed by atoms with Crippen LogP contribution >= 0.6 is 0 Å². The van der Waals surface area contributed by atoms with Crippen LogP contribution in [0.3, 0.4) is 0 Å². The van der Waals surface area contributed by atoms with E-state index in [9.17, 15) is 9.90 Å². The van der Waals surface area contributed by atoms with Crippen molar-refractivity contribution in [2.45, 2.75) is 70.1 Å². The highest BCUT2D eigenvalue weighted by atomic mass is 16.4. The first-order valence-corrected chi connectivity index (χ1v) is 12.1. The van der Waals surface area contributed by atoms with E-state index in [0.717, 1.165) is 68.4 Å². The van der Waals surface area contributed by atoms with Crippen molar-refractivity contribution in [2.75, 3.05) is 18.0 Å². The quantitative estimate of drug-likeness (QED) is 0.659. The number of aryl methyl sites for hydroxylation is 1. The van der Waals surface area contributed by atoms with Crippen LogP contribution in [0.1, 0.15) is 55.2 Å². The van der Waals surface area contributed by atoms with Gasteiger partial charge in [0.15, 0.2) is 0 Å². The number of piperidine rings is 1. The molecule has 6 heteroatoms. The maximum Gasteiger partial charge on any atom is 0.407 e. The fraction of sp³-hybridized carbons (Fsp3) is 0.481. The van der Waals surface area contributed by atoms with Crippen molar-refractivity contribution in [3.63, 3.8) is 0 Å². The average Bonchev–Trinajstić information content (AvgIpc) is 2.83. The van der Waals surface area contributed by atoms with Gasteiger partial charge in [-0.15, -0.1) is 0 Å². The molecule has 174 valence electrons. The van der Waals surface area contributed by atoms with Gasteiger partial charge in [-0.1, -0.05) is 42.7 Å². The monoisotopic (exact) mass is 446 g/mol. The van der Waals surface area contributed by atoms with Gasteiger partial charge in [-0.05, 0) is 62.4 Å². The minimum absolute atomic E-state index is 0.0120. The molecule has 2 fully saturated rings. The van der Waals surface area contributed by atoms with E-state index in [1.807, 2.05) is 49.4 Å². The van der Waals surface area contributed by atoms with Crippen LogP contribution in [0, 0.1) is 18.3 Å². The van der Waals surface area contributed by atoms with Gasteiger partial charge in [0.2, 0.25) is 0 Å². The summed E-state index contributed by atoms with van der Waals surface area (Å²) >= 11 is 0. The van der Waals surface area contributed by atoms with Crippen LogP contribution in [0.15, 0.2) is 48.5 Å². The zero-order valence-electron chi connectivity index (χ0n) is 19.4. The number of amides is 1. The fourth-order valence-electron chi connectivity index (χ4n) is 5.41. The smallest absolute Gasteiger partial charge is 0.407 e. The van der Waals surface area contributed by atoms with Crippen molar-refractivity contribution < 1.29 is 9.90 Å². The third-order valence-electron chi connectivity index (χ3n) is 7.04. The number of carboxylic acid groups (broad SMARTS) is 1. The van der Waals surface area contributed by atoms with E-state index in [-0.39, 0.29) is 12.1 Å². The van der Waals surface area contributed by atoms with Crippen LogP contribution in [-0.2, 0) is 6.54 Å². The summed E-state index contributed by atoms with van der Waals surface area (Å²) < 4.78 is 0. The number of benzene rings is 2. The molecule has 2 aromatic rings. The Kier molecular flexibility index (Phi) is 7.51. The van der Waals surface area contributed by atoms with Gasteiger partial charge in [-0.25, -0.2) is 4.79 Å². The number of anilines is 1. The molecule has 1 aliphatic carbocycles.